The van der Waals surface area contributed by atoms with Crippen LogP contribution >= 0.6 is 0 Å². The largest absolute Gasteiger partial charge is 0.370 e. The van der Waals surface area contributed by atoms with Crippen molar-refractivity contribution in [1.29, 1.82) is 0 Å². The van der Waals surface area contributed by atoms with Crippen LogP contribution in [0.4, 0.5) is 5.69 Å². The summed E-state index contributed by atoms with van der Waals surface area (Å²) >= 11 is 0. The van der Waals surface area contributed by atoms with Crippen molar-refractivity contribution in [1.82, 2.24) is 10.1 Å². The van der Waals surface area contributed by atoms with Crippen LogP contribution in [0.15, 0.2) is 22.7 Å². The van der Waals surface area contributed by atoms with Gasteiger partial charge in [0, 0.05) is 44.1 Å². The second-order valence-electron chi connectivity index (χ2n) is 6.28. The molecule has 2 aromatic rings. The molecular formula is C20H31N5O3. The highest BCUT2D eigenvalue weighted by Crippen LogP contribution is 2.33. The van der Waals surface area contributed by atoms with Crippen molar-refractivity contribution in [2.75, 3.05) is 11.4 Å². The number of benzene rings is 1. The number of anilines is 1. The van der Waals surface area contributed by atoms with E-state index in [1.54, 1.807) is 6.92 Å². The molecule has 0 spiro atoms. The van der Waals surface area contributed by atoms with Crippen LogP contribution in [0.5, 0.6) is 0 Å². The van der Waals surface area contributed by atoms with Gasteiger partial charge in [-0.2, -0.15) is 4.98 Å². The highest BCUT2D eigenvalue weighted by atomic mass is 16.5. The molecule has 4 N–H and O–H groups in total. The second kappa shape index (κ2) is 11.2. The van der Waals surface area contributed by atoms with Gasteiger partial charge in [0.15, 0.2) is 0 Å². The first-order valence-corrected chi connectivity index (χ1v) is 9.55. The SMILES string of the molecule is CC.CC(=O)N1c2ccc(-c3noc(CCN)n3)cc2CC[C@@H]1C.CC(N)=O. The Balaban J connectivity index is 0.000000583. The van der Waals surface area contributed by atoms with Gasteiger partial charge in [-0.3, -0.25) is 9.59 Å². The Bertz CT molecular complexity index is 784. The molecule has 0 bridgehead atoms. The van der Waals surface area contributed by atoms with E-state index in [1.807, 2.05) is 36.9 Å². The zero-order valence-corrected chi connectivity index (χ0v) is 17.4. The van der Waals surface area contributed by atoms with Crippen molar-refractivity contribution in [3.8, 4) is 11.4 Å². The molecule has 8 heteroatoms. The van der Waals surface area contributed by atoms with Crippen molar-refractivity contribution in [2.45, 2.75) is 59.9 Å². The number of hydrogen-bond acceptors (Lipinski definition) is 6. The molecule has 0 fully saturated rings. The van der Waals surface area contributed by atoms with Gasteiger partial charge in [-0.15, -0.1) is 0 Å². The smallest absolute Gasteiger partial charge is 0.228 e. The predicted molar refractivity (Wildman–Crippen MR) is 110 cm³/mol. The third-order valence-electron chi connectivity index (χ3n) is 4.03. The third-order valence-corrected chi connectivity index (χ3v) is 4.03. The molecule has 0 unspecified atom stereocenters. The van der Waals surface area contributed by atoms with Crippen molar-refractivity contribution in [2.24, 2.45) is 11.5 Å². The van der Waals surface area contributed by atoms with Gasteiger partial charge in [0.1, 0.15) is 0 Å². The van der Waals surface area contributed by atoms with Gasteiger partial charge in [0.25, 0.3) is 0 Å². The van der Waals surface area contributed by atoms with Crippen molar-refractivity contribution in [3.63, 3.8) is 0 Å². The number of nitrogens with zero attached hydrogens (tertiary/aromatic N) is 3. The highest BCUT2D eigenvalue weighted by Gasteiger charge is 2.26. The van der Waals surface area contributed by atoms with E-state index in [4.69, 9.17) is 10.3 Å². The highest BCUT2D eigenvalue weighted by molar-refractivity contribution is 5.93. The lowest BCUT2D eigenvalue weighted by atomic mass is 9.94. The normalized spacial score (nSPS) is 14.8. The number of carbonyl (C=O) groups is 2. The van der Waals surface area contributed by atoms with E-state index in [-0.39, 0.29) is 17.9 Å². The first kappa shape index (κ1) is 23.3. The molecule has 0 radical (unpaired) electrons. The Morgan fingerprint density at radius 2 is 1.93 bits per heavy atom. The number of nitrogens with two attached hydrogens (primary N) is 2. The fourth-order valence-electron chi connectivity index (χ4n) is 2.97. The van der Waals surface area contributed by atoms with Crippen LogP contribution in [0.1, 0.15) is 52.5 Å². The van der Waals surface area contributed by atoms with Gasteiger partial charge < -0.3 is 20.9 Å². The lowest BCUT2D eigenvalue weighted by molar-refractivity contribution is -0.117. The van der Waals surface area contributed by atoms with E-state index in [0.29, 0.717) is 24.7 Å². The molecule has 8 nitrogen and oxygen atoms in total. The van der Waals surface area contributed by atoms with Gasteiger partial charge >= 0.3 is 0 Å². The van der Waals surface area contributed by atoms with Crippen LogP contribution in [0.25, 0.3) is 11.4 Å². The van der Waals surface area contributed by atoms with Crippen LogP contribution < -0.4 is 16.4 Å². The average molecular weight is 390 g/mol. The van der Waals surface area contributed by atoms with Gasteiger partial charge in [0.05, 0.1) is 0 Å². The molecule has 28 heavy (non-hydrogen) atoms. The quantitative estimate of drug-likeness (QED) is 0.829. The number of primary amides is 1. The number of amides is 2. The molecule has 0 saturated carbocycles. The average Bonchev–Trinajstić information content (AvgIpc) is 3.11. The molecule has 1 aromatic carbocycles. The summed E-state index contributed by atoms with van der Waals surface area (Å²) < 4.78 is 5.17. The molecule has 2 heterocycles. The summed E-state index contributed by atoms with van der Waals surface area (Å²) in [7, 11) is 0. The molecular weight excluding hydrogens is 358 g/mol. The van der Waals surface area contributed by atoms with Gasteiger partial charge in [-0.1, -0.05) is 19.0 Å². The van der Waals surface area contributed by atoms with Crippen molar-refractivity contribution in [3.05, 3.63) is 29.7 Å². The summed E-state index contributed by atoms with van der Waals surface area (Å²) in [5.41, 5.74) is 13.0. The number of hydrogen-bond donors (Lipinski definition) is 2. The Kier molecular flexibility index (Phi) is 9.31. The van der Waals surface area contributed by atoms with E-state index < -0.39 is 0 Å². The molecule has 0 aliphatic carbocycles. The minimum atomic E-state index is -0.333. The van der Waals surface area contributed by atoms with E-state index in [1.165, 1.54) is 6.92 Å². The topological polar surface area (TPSA) is 128 Å². The number of rotatable bonds is 3. The fraction of sp³-hybridized carbons (Fsp3) is 0.500. The minimum absolute atomic E-state index is 0.0750. The summed E-state index contributed by atoms with van der Waals surface area (Å²) in [4.78, 5) is 27.3. The molecule has 1 aliphatic heterocycles. The number of carbonyl (C=O) groups excluding carboxylic acids is 2. The first-order chi connectivity index (χ1) is 13.3. The molecule has 3 rings (SSSR count). The summed E-state index contributed by atoms with van der Waals surface area (Å²) in [6, 6.07) is 6.19. The standard InChI is InChI=1S/C16H20N4O2.C2H5NO.C2H6/c1-10-3-4-12-9-13(5-6-14(12)20(10)11(2)21)16-18-15(7-8-17)22-19-16;1-2(3)4;1-2/h5-6,9-10H,3-4,7-8,17H2,1-2H3;1H3,(H2,3,4);1-2H3/t10-;;/m0../s1. The molecule has 154 valence electrons. The zero-order valence-electron chi connectivity index (χ0n) is 17.4. The third kappa shape index (κ3) is 6.16. The molecule has 0 saturated heterocycles. The van der Waals surface area contributed by atoms with E-state index >= 15 is 0 Å². The lowest BCUT2D eigenvalue weighted by Gasteiger charge is -2.34. The first-order valence-electron chi connectivity index (χ1n) is 9.55. The van der Waals surface area contributed by atoms with E-state index in [9.17, 15) is 9.59 Å². The number of aryl methyl sites for hydroxylation is 1. The summed E-state index contributed by atoms with van der Waals surface area (Å²) in [5, 5.41) is 4.00. The Morgan fingerprint density at radius 1 is 1.29 bits per heavy atom. The molecule has 1 aliphatic rings. The lowest BCUT2D eigenvalue weighted by Crippen LogP contribution is -2.40. The van der Waals surface area contributed by atoms with Gasteiger partial charge in [-0.05, 0) is 43.5 Å². The summed E-state index contributed by atoms with van der Waals surface area (Å²) in [6.45, 7) is 9.48. The van der Waals surface area contributed by atoms with Crippen LogP contribution in [-0.4, -0.2) is 34.5 Å². The number of aromatic nitrogens is 2. The number of fused-ring (bicyclic) bond motifs is 1. The summed E-state index contributed by atoms with van der Waals surface area (Å²) in [5.74, 6) is 0.861. The fourth-order valence-corrected chi connectivity index (χ4v) is 2.97. The van der Waals surface area contributed by atoms with Crippen LogP contribution in [-0.2, 0) is 22.4 Å². The van der Waals surface area contributed by atoms with Crippen LogP contribution in [0.3, 0.4) is 0 Å². The van der Waals surface area contributed by atoms with E-state index in [0.717, 1.165) is 29.7 Å². The van der Waals surface area contributed by atoms with Crippen LogP contribution in [0.2, 0.25) is 0 Å². The second-order valence-corrected chi connectivity index (χ2v) is 6.28. The Morgan fingerprint density at radius 3 is 2.50 bits per heavy atom. The van der Waals surface area contributed by atoms with E-state index in [2.05, 4.69) is 22.8 Å². The molecule has 2 amide bonds. The maximum absolute atomic E-state index is 11.9. The van der Waals surface area contributed by atoms with Crippen molar-refractivity contribution >= 4 is 17.5 Å². The Labute approximate surface area is 166 Å². The predicted octanol–water partition coefficient (Wildman–Crippen LogP) is 2.44. The molecule has 1 aromatic heterocycles. The molecule has 1 atom stereocenters. The monoisotopic (exact) mass is 389 g/mol. The zero-order chi connectivity index (χ0) is 21.3. The van der Waals surface area contributed by atoms with Gasteiger partial charge in [-0.25, -0.2) is 0 Å². The maximum atomic E-state index is 11.9. The van der Waals surface area contributed by atoms with Gasteiger partial charge in [0.2, 0.25) is 23.5 Å². The van der Waals surface area contributed by atoms with Crippen molar-refractivity contribution < 1.29 is 14.1 Å². The summed E-state index contributed by atoms with van der Waals surface area (Å²) in [6.07, 6.45) is 2.48. The van der Waals surface area contributed by atoms with Crippen LogP contribution in [0, 0.1) is 0 Å². The minimum Gasteiger partial charge on any atom is -0.370 e. The Hall–Kier alpha value is -2.74. The maximum Gasteiger partial charge on any atom is 0.228 e.